The Morgan fingerprint density at radius 3 is 2.39 bits per heavy atom. The number of hydrogen-bond donors (Lipinski definition) is 4. The minimum absolute atomic E-state index is 0.265. The third-order valence-electron chi connectivity index (χ3n) is 6.65. The fourth-order valence-electron chi connectivity index (χ4n) is 4.82. The second-order valence-corrected chi connectivity index (χ2v) is 9.41. The highest BCUT2D eigenvalue weighted by Gasteiger charge is 2.46. The summed E-state index contributed by atoms with van der Waals surface area (Å²) in [4.78, 5) is 18.2. The maximum atomic E-state index is 13.3. The molecule has 4 aromatic rings. The van der Waals surface area contributed by atoms with Crippen molar-refractivity contribution < 1.29 is 9.53 Å². The zero-order valence-corrected chi connectivity index (χ0v) is 20.1. The maximum Gasteiger partial charge on any atom is 0.264 e. The van der Waals surface area contributed by atoms with Crippen molar-refractivity contribution in [2.45, 2.75) is 31.6 Å². The van der Waals surface area contributed by atoms with Crippen molar-refractivity contribution in [1.29, 1.82) is 0 Å². The Morgan fingerprint density at radius 2 is 1.56 bits per heavy atom. The van der Waals surface area contributed by atoms with Crippen molar-refractivity contribution in [2.24, 2.45) is 4.99 Å². The smallest absolute Gasteiger partial charge is 0.264 e. The number of carbonyl (C=O) groups excluding carboxylic acids is 1. The van der Waals surface area contributed by atoms with E-state index in [1.807, 2.05) is 86.6 Å². The van der Waals surface area contributed by atoms with Crippen LogP contribution in [0, 0.1) is 0 Å². The Morgan fingerprint density at radius 1 is 0.833 bits per heavy atom. The standard InChI is InChI=1S/C29H27N5O2/c1-28(22-17-16-19-10-6-7-13-21(19)18-22)33-34-29(2,36-28)32-26-27(35)30-24-15-9-8-14-23(24)25(31-26)20-11-4-3-5-12-20/h3-18,26,32-34H,1-2H3,(H,30,35). The van der Waals surface area contributed by atoms with Gasteiger partial charge in [0.15, 0.2) is 17.7 Å². The Kier molecular flexibility index (Phi) is 5.43. The Hall–Kier alpha value is -3.88. The Labute approximate surface area is 209 Å². The molecule has 3 atom stereocenters. The molecule has 0 aliphatic carbocycles. The highest BCUT2D eigenvalue weighted by Crippen LogP contribution is 2.33. The molecule has 2 aliphatic rings. The van der Waals surface area contributed by atoms with Crippen molar-refractivity contribution >= 4 is 28.1 Å². The van der Waals surface area contributed by atoms with Crippen LogP contribution in [0.5, 0.6) is 0 Å². The van der Waals surface area contributed by atoms with Gasteiger partial charge in [-0.1, -0.05) is 84.9 Å². The van der Waals surface area contributed by atoms with Gasteiger partial charge in [0, 0.05) is 16.7 Å². The number of anilines is 1. The monoisotopic (exact) mass is 477 g/mol. The number of benzene rings is 4. The zero-order chi connectivity index (χ0) is 24.8. The van der Waals surface area contributed by atoms with Gasteiger partial charge in [0.1, 0.15) is 0 Å². The quantitative estimate of drug-likeness (QED) is 0.354. The minimum Gasteiger partial charge on any atom is -0.322 e. The van der Waals surface area contributed by atoms with E-state index in [4.69, 9.17) is 9.73 Å². The van der Waals surface area contributed by atoms with Crippen molar-refractivity contribution in [3.05, 3.63) is 114 Å². The van der Waals surface area contributed by atoms with Crippen molar-refractivity contribution in [2.75, 3.05) is 5.32 Å². The number of amides is 1. The van der Waals surface area contributed by atoms with Crippen LogP contribution in [0.15, 0.2) is 102 Å². The molecule has 0 aromatic heterocycles. The summed E-state index contributed by atoms with van der Waals surface area (Å²) in [5.41, 5.74) is 9.85. The highest BCUT2D eigenvalue weighted by atomic mass is 16.6. The number of nitrogens with one attached hydrogen (secondary N) is 4. The first-order valence-electron chi connectivity index (χ1n) is 12.0. The number of aliphatic imine (C=N–C) groups is 1. The summed E-state index contributed by atoms with van der Waals surface area (Å²) >= 11 is 0. The van der Waals surface area contributed by atoms with Gasteiger partial charge >= 0.3 is 0 Å². The number of benzodiazepines with no additional fused rings is 1. The first-order valence-corrected chi connectivity index (χ1v) is 12.0. The van der Waals surface area contributed by atoms with Crippen molar-refractivity contribution in [3.8, 4) is 0 Å². The molecule has 4 aromatic carbocycles. The molecule has 1 saturated heterocycles. The number of nitrogens with zero attached hydrogens (tertiary/aromatic N) is 1. The minimum atomic E-state index is -1.08. The Balaban J connectivity index is 1.32. The van der Waals surface area contributed by atoms with Gasteiger partial charge in [0.2, 0.25) is 0 Å². The lowest BCUT2D eigenvalue weighted by atomic mass is 10.0. The van der Waals surface area contributed by atoms with Gasteiger partial charge in [0.25, 0.3) is 5.91 Å². The summed E-state index contributed by atoms with van der Waals surface area (Å²) in [6.07, 6.45) is -0.897. The molecule has 4 N–H and O–H groups in total. The number of fused-ring (bicyclic) bond motifs is 2. The molecule has 0 radical (unpaired) electrons. The summed E-state index contributed by atoms with van der Waals surface area (Å²) in [5.74, 6) is -1.34. The maximum absolute atomic E-state index is 13.3. The zero-order valence-electron chi connectivity index (χ0n) is 20.1. The van der Waals surface area contributed by atoms with Gasteiger partial charge in [0.05, 0.1) is 11.4 Å². The van der Waals surface area contributed by atoms with E-state index in [2.05, 4.69) is 45.8 Å². The van der Waals surface area contributed by atoms with Crippen LogP contribution in [-0.4, -0.2) is 23.6 Å². The molecule has 2 heterocycles. The number of carbonyl (C=O) groups is 1. The first kappa shape index (κ1) is 22.6. The molecule has 6 rings (SSSR count). The molecule has 7 nitrogen and oxygen atoms in total. The second-order valence-electron chi connectivity index (χ2n) is 9.41. The molecule has 0 saturated carbocycles. The van der Waals surface area contributed by atoms with Crippen LogP contribution in [0.4, 0.5) is 5.69 Å². The predicted molar refractivity (Wildman–Crippen MR) is 141 cm³/mol. The van der Waals surface area contributed by atoms with E-state index in [9.17, 15) is 4.79 Å². The predicted octanol–water partition coefficient (Wildman–Crippen LogP) is 4.22. The molecule has 1 fully saturated rings. The van der Waals surface area contributed by atoms with Gasteiger partial charge in [-0.2, -0.15) is 0 Å². The average Bonchev–Trinajstić information content (AvgIpc) is 3.14. The van der Waals surface area contributed by atoms with E-state index < -0.39 is 17.7 Å². The molecular weight excluding hydrogens is 450 g/mol. The lowest BCUT2D eigenvalue weighted by molar-refractivity contribution is -0.133. The number of para-hydroxylation sites is 1. The molecular formula is C29H27N5O2. The van der Waals surface area contributed by atoms with Gasteiger partial charge in [-0.15, -0.1) is 0 Å². The normalized spacial score (nSPS) is 25.7. The second kappa shape index (κ2) is 8.65. The summed E-state index contributed by atoms with van der Waals surface area (Å²) in [5, 5.41) is 8.59. The fraction of sp³-hybridized carbons (Fsp3) is 0.172. The molecule has 3 unspecified atom stereocenters. The van der Waals surface area contributed by atoms with Crippen LogP contribution in [-0.2, 0) is 15.3 Å². The van der Waals surface area contributed by atoms with E-state index in [0.29, 0.717) is 0 Å². The van der Waals surface area contributed by atoms with Crippen molar-refractivity contribution in [1.82, 2.24) is 16.2 Å². The van der Waals surface area contributed by atoms with E-state index in [-0.39, 0.29) is 5.91 Å². The van der Waals surface area contributed by atoms with E-state index in [1.54, 1.807) is 0 Å². The van der Waals surface area contributed by atoms with Gasteiger partial charge in [-0.3, -0.25) is 9.79 Å². The Bertz CT molecular complexity index is 1490. The van der Waals surface area contributed by atoms with Crippen LogP contribution in [0.25, 0.3) is 10.8 Å². The molecule has 7 heteroatoms. The molecule has 0 bridgehead atoms. The van der Waals surface area contributed by atoms with Crippen LogP contribution >= 0.6 is 0 Å². The summed E-state index contributed by atoms with van der Waals surface area (Å²) in [7, 11) is 0. The summed E-state index contributed by atoms with van der Waals surface area (Å²) < 4.78 is 6.50. The topological polar surface area (TPSA) is 86.8 Å². The lowest BCUT2D eigenvalue weighted by Crippen LogP contribution is -2.59. The third-order valence-corrected chi connectivity index (χ3v) is 6.65. The van der Waals surface area contributed by atoms with Crippen molar-refractivity contribution in [3.63, 3.8) is 0 Å². The number of rotatable bonds is 4. The number of ether oxygens (including phenoxy) is 1. The molecule has 36 heavy (non-hydrogen) atoms. The van der Waals surface area contributed by atoms with E-state index in [1.165, 1.54) is 0 Å². The van der Waals surface area contributed by atoms with Crippen LogP contribution in [0.3, 0.4) is 0 Å². The molecule has 0 spiro atoms. The van der Waals surface area contributed by atoms with Gasteiger partial charge < -0.3 is 10.1 Å². The largest absolute Gasteiger partial charge is 0.322 e. The van der Waals surface area contributed by atoms with Gasteiger partial charge in [-0.05, 0) is 36.8 Å². The van der Waals surface area contributed by atoms with E-state index in [0.717, 1.165) is 38.9 Å². The van der Waals surface area contributed by atoms with E-state index >= 15 is 0 Å². The molecule has 180 valence electrons. The molecule has 2 aliphatic heterocycles. The molecule has 1 amide bonds. The summed E-state index contributed by atoms with van der Waals surface area (Å²) in [6, 6.07) is 32.0. The average molecular weight is 478 g/mol. The number of hydrogen-bond acceptors (Lipinski definition) is 6. The van der Waals surface area contributed by atoms with Crippen LogP contribution in [0.2, 0.25) is 0 Å². The van der Waals surface area contributed by atoms with Gasteiger partial charge in [-0.25, -0.2) is 16.2 Å². The van der Waals surface area contributed by atoms with Crippen LogP contribution < -0.4 is 21.5 Å². The lowest BCUT2D eigenvalue weighted by Gasteiger charge is -2.30. The third kappa shape index (κ3) is 4.08. The highest BCUT2D eigenvalue weighted by molar-refractivity contribution is 6.19. The SMILES string of the molecule is CC1(NC2N=C(c3ccccc3)c3ccccc3NC2=O)NNC(C)(c2ccc3ccccc3c2)O1. The fourth-order valence-corrected chi connectivity index (χ4v) is 4.82. The first-order chi connectivity index (χ1) is 17.4. The summed E-state index contributed by atoms with van der Waals surface area (Å²) in [6.45, 7) is 3.80. The van der Waals surface area contributed by atoms with Crippen LogP contribution in [0.1, 0.15) is 30.5 Å². The number of hydrazine groups is 1.